The van der Waals surface area contributed by atoms with Crippen LogP contribution in [-0.2, 0) is 11.3 Å². The summed E-state index contributed by atoms with van der Waals surface area (Å²) in [6, 6.07) is 16.4. The van der Waals surface area contributed by atoms with E-state index >= 15 is 0 Å². The summed E-state index contributed by atoms with van der Waals surface area (Å²) in [5, 5.41) is 0. The van der Waals surface area contributed by atoms with E-state index in [4.69, 9.17) is 14.5 Å². The lowest BCUT2D eigenvalue weighted by atomic mass is 10.2. The van der Waals surface area contributed by atoms with Crippen LogP contribution in [0.15, 0.2) is 48.5 Å². The molecule has 0 radical (unpaired) electrons. The van der Waals surface area contributed by atoms with Gasteiger partial charge in [0.15, 0.2) is 0 Å². The molecule has 0 amide bonds. The Morgan fingerprint density at radius 1 is 1.21 bits per heavy atom. The second kappa shape index (κ2) is 6.65. The van der Waals surface area contributed by atoms with Crippen LogP contribution < -0.4 is 4.74 Å². The standard InChI is InChI=1S/C20H22N2O2/c1-15-6-4-7-16(14-15)23-13-11-22-18-9-3-2-8-17(18)21-20(22)19-10-5-12-24-19/h2-4,6-9,14,19H,5,10-13H2,1H3/t19-/m1/s1. The van der Waals surface area contributed by atoms with Gasteiger partial charge >= 0.3 is 0 Å². The highest BCUT2D eigenvalue weighted by atomic mass is 16.5. The monoisotopic (exact) mass is 322 g/mol. The number of para-hydroxylation sites is 2. The molecule has 0 unspecified atom stereocenters. The van der Waals surface area contributed by atoms with Crippen molar-refractivity contribution in [2.75, 3.05) is 13.2 Å². The van der Waals surface area contributed by atoms with Gasteiger partial charge in [-0.2, -0.15) is 0 Å². The zero-order valence-corrected chi connectivity index (χ0v) is 13.9. The number of ether oxygens (including phenoxy) is 2. The Morgan fingerprint density at radius 2 is 2.12 bits per heavy atom. The molecule has 24 heavy (non-hydrogen) atoms. The lowest BCUT2D eigenvalue weighted by Gasteiger charge is -2.14. The van der Waals surface area contributed by atoms with Gasteiger partial charge < -0.3 is 14.0 Å². The van der Waals surface area contributed by atoms with E-state index in [0.717, 1.165) is 48.6 Å². The van der Waals surface area contributed by atoms with Crippen molar-refractivity contribution in [3.63, 3.8) is 0 Å². The molecule has 1 aromatic heterocycles. The van der Waals surface area contributed by atoms with Crippen molar-refractivity contribution in [2.45, 2.75) is 32.4 Å². The quantitative estimate of drug-likeness (QED) is 0.703. The van der Waals surface area contributed by atoms with Gasteiger partial charge in [0.25, 0.3) is 0 Å². The minimum Gasteiger partial charge on any atom is -0.492 e. The predicted octanol–water partition coefficient (Wildman–Crippen LogP) is 4.28. The molecule has 1 fully saturated rings. The molecule has 4 heteroatoms. The van der Waals surface area contributed by atoms with Crippen LogP contribution in [0.3, 0.4) is 0 Å². The van der Waals surface area contributed by atoms with Crippen molar-refractivity contribution in [3.8, 4) is 5.75 Å². The maximum absolute atomic E-state index is 5.94. The maximum atomic E-state index is 5.94. The van der Waals surface area contributed by atoms with E-state index in [0.29, 0.717) is 6.61 Å². The molecule has 1 aliphatic heterocycles. The smallest absolute Gasteiger partial charge is 0.139 e. The molecular formula is C20H22N2O2. The molecule has 0 spiro atoms. The van der Waals surface area contributed by atoms with E-state index in [9.17, 15) is 0 Å². The van der Waals surface area contributed by atoms with Crippen molar-refractivity contribution in [1.29, 1.82) is 0 Å². The molecule has 124 valence electrons. The van der Waals surface area contributed by atoms with Gasteiger partial charge in [0.05, 0.1) is 17.6 Å². The fourth-order valence-electron chi connectivity index (χ4n) is 3.32. The van der Waals surface area contributed by atoms with Crippen LogP contribution >= 0.6 is 0 Å². The van der Waals surface area contributed by atoms with E-state index in [-0.39, 0.29) is 6.10 Å². The Kier molecular flexibility index (Phi) is 4.22. The Labute approximate surface area is 142 Å². The SMILES string of the molecule is Cc1cccc(OCCn2c([C@H]3CCCO3)nc3ccccc32)c1. The van der Waals surface area contributed by atoms with Gasteiger partial charge in [-0.25, -0.2) is 4.98 Å². The summed E-state index contributed by atoms with van der Waals surface area (Å²) in [6.07, 6.45) is 2.26. The number of nitrogens with zero attached hydrogens (tertiary/aromatic N) is 2. The molecule has 3 aromatic rings. The molecule has 4 rings (SSSR count). The highest BCUT2D eigenvalue weighted by molar-refractivity contribution is 5.76. The van der Waals surface area contributed by atoms with E-state index in [1.165, 1.54) is 5.56 Å². The second-order valence-electron chi connectivity index (χ2n) is 6.28. The highest BCUT2D eigenvalue weighted by Gasteiger charge is 2.24. The Bertz CT molecular complexity index is 835. The van der Waals surface area contributed by atoms with Crippen molar-refractivity contribution in [2.24, 2.45) is 0 Å². The molecule has 2 heterocycles. The summed E-state index contributed by atoms with van der Waals surface area (Å²) in [5.74, 6) is 1.94. The summed E-state index contributed by atoms with van der Waals surface area (Å²) < 4.78 is 14.1. The number of fused-ring (bicyclic) bond motifs is 1. The Morgan fingerprint density at radius 3 is 2.96 bits per heavy atom. The topological polar surface area (TPSA) is 36.3 Å². The average molecular weight is 322 g/mol. The van der Waals surface area contributed by atoms with Gasteiger partial charge in [-0.05, 0) is 49.6 Å². The van der Waals surface area contributed by atoms with Gasteiger partial charge in [0, 0.05) is 6.61 Å². The number of hydrogen-bond donors (Lipinski definition) is 0. The third kappa shape index (κ3) is 3.02. The van der Waals surface area contributed by atoms with Gasteiger partial charge in [0.1, 0.15) is 24.3 Å². The van der Waals surface area contributed by atoms with Crippen molar-refractivity contribution < 1.29 is 9.47 Å². The molecule has 0 saturated carbocycles. The zero-order valence-electron chi connectivity index (χ0n) is 13.9. The largest absolute Gasteiger partial charge is 0.492 e. The van der Waals surface area contributed by atoms with Crippen LogP contribution in [0, 0.1) is 6.92 Å². The number of hydrogen-bond acceptors (Lipinski definition) is 3. The Hall–Kier alpha value is -2.33. The van der Waals surface area contributed by atoms with E-state index in [1.807, 2.05) is 18.2 Å². The van der Waals surface area contributed by atoms with Crippen LogP contribution in [0.2, 0.25) is 0 Å². The summed E-state index contributed by atoms with van der Waals surface area (Å²) in [7, 11) is 0. The normalized spacial score (nSPS) is 17.5. The molecule has 1 aliphatic rings. The highest BCUT2D eigenvalue weighted by Crippen LogP contribution is 2.30. The minimum absolute atomic E-state index is 0.108. The third-order valence-electron chi connectivity index (χ3n) is 4.47. The number of aryl methyl sites for hydroxylation is 1. The van der Waals surface area contributed by atoms with Crippen LogP contribution in [0.25, 0.3) is 11.0 Å². The van der Waals surface area contributed by atoms with E-state index in [2.05, 4.69) is 41.8 Å². The van der Waals surface area contributed by atoms with Crippen molar-refractivity contribution in [3.05, 3.63) is 59.9 Å². The van der Waals surface area contributed by atoms with E-state index < -0.39 is 0 Å². The molecule has 0 N–H and O–H groups in total. The molecule has 2 aromatic carbocycles. The number of aromatic nitrogens is 2. The summed E-state index contributed by atoms with van der Waals surface area (Å²) in [6.45, 7) is 4.28. The fourth-order valence-corrected chi connectivity index (χ4v) is 3.32. The number of benzene rings is 2. The zero-order chi connectivity index (χ0) is 16.4. The summed E-state index contributed by atoms with van der Waals surface area (Å²) in [4.78, 5) is 4.82. The van der Waals surface area contributed by atoms with Gasteiger partial charge in [0.2, 0.25) is 0 Å². The molecule has 1 saturated heterocycles. The van der Waals surface area contributed by atoms with Crippen molar-refractivity contribution in [1.82, 2.24) is 9.55 Å². The maximum Gasteiger partial charge on any atom is 0.139 e. The van der Waals surface area contributed by atoms with Gasteiger partial charge in [-0.15, -0.1) is 0 Å². The summed E-state index contributed by atoms with van der Waals surface area (Å²) in [5.41, 5.74) is 3.38. The average Bonchev–Trinajstić information content (AvgIpc) is 3.23. The number of imidazole rings is 1. The molecule has 4 nitrogen and oxygen atoms in total. The second-order valence-corrected chi connectivity index (χ2v) is 6.28. The lowest BCUT2D eigenvalue weighted by molar-refractivity contribution is 0.101. The lowest BCUT2D eigenvalue weighted by Crippen LogP contribution is -2.13. The van der Waals surface area contributed by atoms with Crippen LogP contribution in [0.4, 0.5) is 0 Å². The minimum atomic E-state index is 0.108. The molecular weight excluding hydrogens is 300 g/mol. The summed E-state index contributed by atoms with van der Waals surface area (Å²) >= 11 is 0. The first-order chi connectivity index (χ1) is 11.8. The number of rotatable bonds is 5. The van der Waals surface area contributed by atoms with Crippen molar-refractivity contribution >= 4 is 11.0 Å². The Balaban J connectivity index is 1.56. The van der Waals surface area contributed by atoms with Gasteiger partial charge in [-0.3, -0.25) is 0 Å². The predicted molar refractivity (Wildman–Crippen MR) is 94.3 cm³/mol. The first-order valence-corrected chi connectivity index (χ1v) is 8.57. The first kappa shape index (κ1) is 15.2. The van der Waals surface area contributed by atoms with E-state index in [1.54, 1.807) is 0 Å². The molecule has 1 atom stereocenters. The fraction of sp³-hybridized carbons (Fsp3) is 0.350. The third-order valence-corrected chi connectivity index (χ3v) is 4.47. The van der Waals surface area contributed by atoms with Crippen LogP contribution in [-0.4, -0.2) is 22.8 Å². The van der Waals surface area contributed by atoms with Crippen LogP contribution in [0.5, 0.6) is 5.75 Å². The first-order valence-electron chi connectivity index (χ1n) is 8.57. The molecule has 0 bridgehead atoms. The van der Waals surface area contributed by atoms with Gasteiger partial charge in [-0.1, -0.05) is 24.3 Å². The van der Waals surface area contributed by atoms with Crippen LogP contribution in [0.1, 0.15) is 30.3 Å². The molecule has 0 aliphatic carbocycles.